The first-order valence-corrected chi connectivity index (χ1v) is 5.38. The van der Waals surface area contributed by atoms with E-state index < -0.39 is 5.60 Å². The Morgan fingerprint density at radius 2 is 2.00 bits per heavy atom. The zero-order valence-electron chi connectivity index (χ0n) is 10.4. The summed E-state index contributed by atoms with van der Waals surface area (Å²) in [5.41, 5.74) is -0.489. The monoisotopic (exact) mass is 217 g/mol. The summed E-state index contributed by atoms with van der Waals surface area (Å²) >= 11 is 0. The standard InChI is InChI=1S/C11H23NO3/c1-6-7-9(8-13)12(5)10(14)15-11(2,3)4/h9,13H,6-8H2,1-5H3. The molecule has 1 N–H and O–H groups in total. The number of nitrogens with zero attached hydrogens (tertiary/aromatic N) is 1. The molecule has 0 rings (SSSR count). The molecule has 0 saturated carbocycles. The molecule has 0 aliphatic carbocycles. The molecule has 0 heterocycles. The molecule has 1 atom stereocenters. The molecule has 1 unspecified atom stereocenters. The quantitative estimate of drug-likeness (QED) is 0.783. The molecule has 0 aromatic rings. The second-order valence-corrected chi connectivity index (χ2v) is 4.72. The molecule has 0 aliphatic rings. The SMILES string of the molecule is CCCC(CO)N(C)C(=O)OC(C)(C)C. The van der Waals surface area contributed by atoms with Crippen molar-refractivity contribution >= 4 is 6.09 Å². The van der Waals surface area contributed by atoms with Crippen LogP contribution in [0.3, 0.4) is 0 Å². The topological polar surface area (TPSA) is 49.8 Å². The molecule has 0 aliphatic heterocycles. The van der Waals surface area contributed by atoms with Gasteiger partial charge >= 0.3 is 6.09 Å². The molecule has 90 valence electrons. The number of likely N-dealkylation sites (N-methyl/N-ethyl adjacent to an activating group) is 1. The van der Waals surface area contributed by atoms with Gasteiger partial charge < -0.3 is 14.7 Å². The fourth-order valence-corrected chi connectivity index (χ4v) is 1.22. The van der Waals surface area contributed by atoms with Gasteiger partial charge in [0.2, 0.25) is 0 Å². The Labute approximate surface area is 92.2 Å². The van der Waals surface area contributed by atoms with E-state index in [-0.39, 0.29) is 18.7 Å². The highest BCUT2D eigenvalue weighted by Crippen LogP contribution is 2.12. The Morgan fingerprint density at radius 1 is 1.47 bits per heavy atom. The highest BCUT2D eigenvalue weighted by Gasteiger charge is 2.24. The van der Waals surface area contributed by atoms with Gasteiger partial charge in [-0.2, -0.15) is 0 Å². The fourth-order valence-electron chi connectivity index (χ4n) is 1.22. The van der Waals surface area contributed by atoms with Crippen LogP contribution in [-0.4, -0.2) is 41.4 Å². The number of rotatable bonds is 4. The summed E-state index contributed by atoms with van der Waals surface area (Å²) in [5, 5.41) is 9.13. The van der Waals surface area contributed by atoms with Crippen LogP contribution < -0.4 is 0 Å². The molecule has 0 aromatic heterocycles. The molecule has 0 aromatic carbocycles. The first kappa shape index (κ1) is 14.2. The van der Waals surface area contributed by atoms with Crippen molar-refractivity contribution in [3.8, 4) is 0 Å². The second kappa shape index (κ2) is 5.95. The molecule has 0 fully saturated rings. The lowest BCUT2D eigenvalue weighted by Crippen LogP contribution is -2.42. The van der Waals surface area contributed by atoms with Gasteiger partial charge in [-0.1, -0.05) is 13.3 Å². The van der Waals surface area contributed by atoms with Gasteiger partial charge in [0.1, 0.15) is 5.60 Å². The van der Waals surface area contributed by atoms with Crippen LogP contribution in [0, 0.1) is 0 Å². The highest BCUT2D eigenvalue weighted by molar-refractivity contribution is 5.68. The van der Waals surface area contributed by atoms with Gasteiger partial charge in [0.05, 0.1) is 12.6 Å². The van der Waals surface area contributed by atoms with Crippen molar-refractivity contribution in [2.24, 2.45) is 0 Å². The zero-order valence-corrected chi connectivity index (χ0v) is 10.4. The summed E-state index contributed by atoms with van der Waals surface area (Å²) in [7, 11) is 1.66. The third-order valence-electron chi connectivity index (χ3n) is 2.06. The summed E-state index contributed by atoms with van der Waals surface area (Å²) in [4.78, 5) is 13.1. The number of amides is 1. The highest BCUT2D eigenvalue weighted by atomic mass is 16.6. The fraction of sp³-hybridized carbons (Fsp3) is 0.909. The van der Waals surface area contributed by atoms with Gasteiger partial charge in [0, 0.05) is 7.05 Å². The number of ether oxygens (including phenoxy) is 1. The molecule has 4 heteroatoms. The average Bonchev–Trinajstić information content (AvgIpc) is 2.10. The molecule has 4 nitrogen and oxygen atoms in total. The predicted octanol–water partition coefficient (Wildman–Crippen LogP) is 2.01. The second-order valence-electron chi connectivity index (χ2n) is 4.72. The summed E-state index contributed by atoms with van der Waals surface area (Å²) < 4.78 is 5.20. The van der Waals surface area contributed by atoms with Gasteiger partial charge in [0.15, 0.2) is 0 Å². The largest absolute Gasteiger partial charge is 0.444 e. The van der Waals surface area contributed by atoms with Gasteiger partial charge in [0.25, 0.3) is 0 Å². The normalized spacial score (nSPS) is 13.5. The van der Waals surface area contributed by atoms with Crippen LogP contribution in [0.15, 0.2) is 0 Å². The molecule has 0 saturated heterocycles. The third-order valence-corrected chi connectivity index (χ3v) is 2.06. The molecular weight excluding hydrogens is 194 g/mol. The van der Waals surface area contributed by atoms with Crippen LogP contribution in [-0.2, 0) is 4.74 Å². The molecule has 15 heavy (non-hydrogen) atoms. The van der Waals surface area contributed by atoms with E-state index in [0.29, 0.717) is 0 Å². The van der Waals surface area contributed by atoms with Crippen LogP contribution >= 0.6 is 0 Å². The molecule has 0 spiro atoms. The van der Waals surface area contributed by atoms with Crippen LogP contribution in [0.4, 0.5) is 4.79 Å². The van der Waals surface area contributed by atoms with E-state index in [0.717, 1.165) is 12.8 Å². The summed E-state index contributed by atoms with van der Waals surface area (Å²) in [6.45, 7) is 7.47. The van der Waals surface area contributed by atoms with Crippen molar-refractivity contribution < 1.29 is 14.6 Å². The first-order valence-electron chi connectivity index (χ1n) is 5.38. The number of carbonyl (C=O) groups excluding carboxylic acids is 1. The zero-order chi connectivity index (χ0) is 12.1. The maximum absolute atomic E-state index is 11.6. The van der Waals surface area contributed by atoms with Crippen molar-refractivity contribution in [1.82, 2.24) is 4.90 Å². The molecule has 0 bridgehead atoms. The van der Waals surface area contributed by atoms with Crippen LogP contribution in [0.2, 0.25) is 0 Å². The first-order chi connectivity index (χ1) is 6.81. The minimum atomic E-state index is -0.489. The van der Waals surface area contributed by atoms with Crippen molar-refractivity contribution in [3.63, 3.8) is 0 Å². The molecular formula is C11H23NO3. The summed E-state index contributed by atoms with van der Waals surface area (Å²) in [5.74, 6) is 0. The Hall–Kier alpha value is -0.770. The minimum absolute atomic E-state index is 0.0242. The maximum Gasteiger partial charge on any atom is 0.410 e. The van der Waals surface area contributed by atoms with Gasteiger partial charge in [-0.25, -0.2) is 4.79 Å². The predicted molar refractivity (Wildman–Crippen MR) is 59.8 cm³/mol. The number of hydrogen-bond donors (Lipinski definition) is 1. The Bertz CT molecular complexity index is 198. The van der Waals surface area contributed by atoms with Gasteiger partial charge in [-0.3, -0.25) is 0 Å². The lowest BCUT2D eigenvalue weighted by Gasteiger charge is -2.29. The smallest absolute Gasteiger partial charge is 0.410 e. The Kier molecular flexibility index (Phi) is 5.65. The van der Waals surface area contributed by atoms with Gasteiger partial charge in [-0.15, -0.1) is 0 Å². The van der Waals surface area contributed by atoms with Crippen molar-refractivity contribution in [3.05, 3.63) is 0 Å². The van der Waals surface area contributed by atoms with Crippen LogP contribution in [0.5, 0.6) is 0 Å². The number of carbonyl (C=O) groups is 1. The number of aliphatic hydroxyl groups excluding tert-OH is 1. The molecule has 1 amide bonds. The summed E-state index contributed by atoms with van der Waals surface area (Å²) in [6.07, 6.45) is 1.33. The molecule has 0 radical (unpaired) electrons. The third kappa shape index (κ3) is 5.62. The van der Waals surface area contributed by atoms with E-state index in [9.17, 15) is 4.79 Å². The summed E-state index contributed by atoms with van der Waals surface area (Å²) in [6, 6.07) is -0.148. The maximum atomic E-state index is 11.6. The van der Waals surface area contributed by atoms with Gasteiger partial charge in [-0.05, 0) is 27.2 Å². The lowest BCUT2D eigenvalue weighted by atomic mass is 10.1. The lowest BCUT2D eigenvalue weighted by molar-refractivity contribution is 0.0152. The van der Waals surface area contributed by atoms with E-state index in [2.05, 4.69) is 0 Å². The van der Waals surface area contributed by atoms with E-state index in [1.165, 1.54) is 4.90 Å². The average molecular weight is 217 g/mol. The van der Waals surface area contributed by atoms with Crippen LogP contribution in [0.25, 0.3) is 0 Å². The van der Waals surface area contributed by atoms with Crippen molar-refractivity contribution in [1.29, 1.82) is 0 Å². The van der Waals surface area contributed by atoms with E-state index in [4.69, 9.17) is 9.84 Å². The Morgan fingerprint density at radius 3 is 2.33 bits per heavy atom. The Balaban J connectivity index is 4.28. The van der Waals surface area contributed by atoms with E-state index >= 15 is 0 Å². The number of aliphatic hydroxyl groups is 1. The van der Waals surface area contributed by atoms with E-state index in [1.807, 2.05) is 27.7 Å². The van der Waals surface area contributed by atoms with E-state index in [1.54, 1.807) is 7.05 Å². The van der Waals surface area contributed by atoms with Crippen molar-refractivity contribution in [2.75, 3.05) is 13.7 Å². The van der Waals surface area contributed by atoms with Crippen molar-refractivity contribution in [2.45, 2.75) is 52.2 Å². The minimum Gasteiger partial charge on any atom is -0.444 e. The number of hydrogen-bond acceptors (Lipinski definition) is 3. The van der Waals surface area contributed by atoms with Crippen LogP contribution in [0.1, 0.15) is 40.5 Å².